The van der Waals surface area contributed by atoms with Crippen molar-refractivity contribution in [2.24, 2.45) is 0 Å². The fraction of sp³-hybridized carbons (Fsp3) is 0.368. The van der Waals surface area contributed by atoms with Crippen LogP contribution in [0.3, 0.4) is 0 Å². The third kappa shape index (κ3) is 2.56. The van der Waals surface area contributed by atoms with Crippen molar-refractivity contribution in [3.8, 4) is 5.82 Å². The Balaban J connectivity index is 2.01. The van der Waals surface area contributed by atoms with E-state index in [0.717, 1.165) is 12.0 Å². The van der Waals surface area contributed by atoms with Crippen LogP contribution < -0.4 is 10.9 Å². The van der Waals surface area contributed by atoms with E-state index in [1.807, 2.05) is 19.1 Å². The number of hydrogen-bond acceptors (Lipinski definition) is 6. The van der Waals surface area contributed by atoms with Crippen molar-refractivity contribution in [2.75, 3.05) is 12.4 Å². The van der Waals surface area contributed by atoms with Gasteiger partial charge < -0.3 is 10.4 Å². The highest BCUT2D eigenvalue weighted by molar-refractivity contribution is 5.76. The number of rotatable bonds is 5. The van der Waals surface area contributed by atoms with Gasteiger partial charge in [0.1, 0.15) is 11.0 Å². The molecule has 2 N–H and O–H groups in total. The zero-order valence-corrected chi connectivity index (χ0v) is 15.4. The van der Waals surface area contributed by atoms with E-state index < -0.39 is 5.60 Å². The molecule has 0 fully saturated rings. The van der Waals surface area contributed by atoms with Crippen LogP contribution in [0.2, 0.25) is 0 Å². The summed E-state index contributed by atoms with van der Waals surface area (Å²) in [6.45, 7) is 6.01. The molecule has 3 aromatic rings. The monoisotopic (exact) mass is 366 g/mol. The van der Waals surface area contributed by atoms with Gasteiger partial charge in [-0.05, 0) is 30.9 Å². The summed E-state index contributed by atoms with van der Waals surface area (Å²) in [6, 6.07) is 3.83. The lowest BCUT2D eigenvalue weighted by Gasteiger charge is -2.21. The van der Waals surface area contributed by atoms with Crippen molar-refractivity contribution in [2.45, 2.75) is 38.3 Å². The van der Waals surface area contributed by atoms with Crippen molar-refractivity contribution < 1.29 is 5.11 Å². The van der Waals surface area contributed by atoms with Crippen LogP contribution in [-0.2, 0) is 18.6 Å². The van der Waals surface area contributed by atoms with Gasteiger partial charge in [-0.15, -0.1) is 6.58 Å². The first-order chi connectivity index (χ1) is 13.0. The molecule has 0 aromatic carbocycles. The van der Waals surface area contributed by atoms with E-state index in [0.29, 0.717) is 47.9 Å². The average molecular weight is 366 g/mol. The Morgan fingerprint density at radius 2 is 2.22 bits per heavy atom. The molecule has 3 aromatic heterocycles. The minimum absolute atomic E-state index is 0.208. The molecular formula is C19H22N6O2. The highest BCUT2D eigenvalue weighted by Gasteiger charge is 2.37. The van der Waals surface area contributed by atoms with E-state index in [1.54, 1.807) is 17.8 Å². The number of fused-ring (bicyclic) bond motifs is 2. The Morgan fingerprint density at radius 3 is 2.93 bits per heavy atom. The molecule has 1 aliphatic carbocycles. The van der Waals surface area contributed by atoms with Crippen LogP contribution in [0.4, 0.5) is 5.95 Å². The van der Waals surface area contributed by atoms with E-state index in [-0.39, 0.29) is 5.56 Å². The van der Waals surface area contributed by atoms with Gasteiger partial charge in [-0.25, -0.2) is 19.3 Å². The third-order valence-electron chi connectivity index (χ3n) is 5.22. The molecule has 1 aliphatic rings. The summed E-state index contributed by atoms with van der Waals surface area (Å²) < 4.78 is 3.21. The summed E-state index contributed by atoms with van der Waals surface area (Å²) in [4.78, 5) is 26.2. The number of nitrogens with one attached hydrogen (secondary N) is 1. The predicted molar refractivity (Wildman–Crippen MR) is 103 cm³/mol. The fourth-order valence-corrected chi connectivity index (χ4v) is 3.67. The standard InChI is InChI=1S/C19H22N6O2/c1-4-10-24-17(26)13-11-21-18(20-3)23-16(13)25(24)14-7-6-12-8-9-19(27,5-2)15(12)22-14/h4,6-7,11,27H,1,5,8-10H2,2-3H3,(H,20,21,23)/t19-/m1/s1. The number of hydrogen-bond donors (Lipinski definition) is 2. The third-order valence-corrected chi connectivity index (χ3v) is 5.22. The van der Waals surface area contributed by atoms with Gasteiger partial charge in [-0.1, -0.05) is 19.1 Å². The average Bonchev–Trinajstić information content (AvgIpc) is 3.17. The molecule has 3 heterocycles. The lowest BCUT2D eigenvalue weighted by Crippen LogP contribution is -2.25. The van der Waals surface area contributed by atoms with Crippen LogP contribution in [0.1, 0.15) is 31.0 Å². The summed E-state index contributed by atoms with van der Waals surface area (Å²) in [5, 5.41) is 14.2. The van der Waals surface area contributed by atoms with Crippen molar-refractivity contribution in [3.05, 3.63) is 52.6 Å². The molecule has 8 nitrogen and oxygen atoms in total. The van der Waals surface area contributed by atoms with E-state index in [1.165, 1.54) is 10.9 Å². The van der Waals surface area contributed by atoms with Gasteiger partial charge in [0, 0.05) is 13.2 Å². The summed E-state index contributed by atoms with van der Waals surface area (Å²) >= 11 is 0. The van der Waals surface area contributed by atoms with Crippen LogP contribution in [0.15, 0.2) is 35.8 Å². The molecule has 0 saturated carbocycles. The molecule has 0 saturated heterocycles. The molecule has 0 spiro atoms. The van der Waals surface area contributed by atoms with Crippen LogP contribution in [-0.4, -0.2) is 36.5 Å². The first-order valence-electron chi connectivity index (χ1n) is 9.02. The van der Waals surface area contributed by atoms with Gasteiger partial charge in [0.05, 0.1) is 12.2 Å². The summed E-state index contributed by atoms with van der Waals surface area (Å²) in [6.07, 6.45) is 5.22. The molecule has 4 rings (SSSR count). The zero-order chi connectivity index (χ0) is 19.2. The zero-order valence-electron chi connectivity index (χ0n) is 15.4. The Kier molecular flexibility index (Phi) is 4.07. The number of allylic oxidation sites excluding steroid dienone is 1. The molecule has 0 amide bonds. The van der Waals surface area contributed by atoms with Crippen molar-refractivity contribution in [1.82, 2.24) is 24.3 Å². The smallest absolute Gasteiger partial charge is 0.278 e. The maximum absolute atomic E-state index is 12.8. The number of aliphatic hydroxyl groups is 1. The van der Waals surface area contributed by atoms with Gasteiger partial charge >= 0.3 is 0 Å². The second kappa shape index (κ2) is 6.31. The van der Waals surface area contributed by atoms with E-state index in [4.69, 9.17) is 4.98 Å². The molecule has 8 heteroatoms. The highest BCUT2D eigenvalue weighted by atomic mass is 16.3. The number of anilines is 1. The summed E-state index contributed by atoms with van der Waals surface area (Å²) in [5.41, 5.74) is 1.06. The Morgan fingerprint density at radius 1 is 1.41 bits per heavy atom. The van der Waals surface area contributed by atoms with Gasteiger partial charge in [0.2, 0.25) is 5.95 Å². The highest BCUT2D eigenvalue weighted by Crippen LogP contribution is 2.38. The van der Waals surface area contributed by atoms with E-state index >= 15 is 0 Å². The fourth-order valence-electron chi connectivity index (χ4n) is 3.67. The second-order valence-corrected chi connectivity index (χ2v) is 6.73. The normalized spacial score (nSPS) is 18.6. The lowest BCUT2D eigenvalue weighted by molar-refractivity contribution is 0.0306. The maximum atomic E-state index is 12.8. The van der Waals surface area contributed by atoms with Crippen LogP contribution >= 0.6 is 0 Å². The Hall–Kier alpha value is -3.00. The largest absolute Gasteiger partial charge is 0.384 e. The number of aryl methyl sites for hydroxylation is 1. The number of pyridine rings is 1. The molecule has 0 bridgehead atoms. The summed E-state index contributed by atoms with van der Waals surface area (Å²) in [7, 11) is 1.72. The summed E-state index contributed by atoms with van der Waals surface area (Å²) in [5.74, 6) is 0.954. The van der Waals surface area contributed by atoms with Crippen LogP contribution in [0.25, 0.3) is 16.9 Å². The van der Waals surface area contributed by atoms with Gasteiger partial charge in [-0.3, -0.25) is 4.79 Å². The molecule has 0 radical (unpaired) electrons. The molecule has 0 unspecified atom stereocenters. The van der Waals surface area contributed by atoms with Crippen molar-refractivity contribution in [1.29, 1.82) is 0 Å². The first-order valence-corrected chi connectivity index (χ1v) is 9.02. The molecule has 1 atom stereocenters. The molecule has 140 valence electrons. The van der Waals surface area contributed by atoms with E-state index in [9.17, 15) is 9.90 Å². The van der Waals surface area contributed by atoms with Gasteiger partial charge in [0.25, 0.3) is 5.56 Å². The van der Waals surface area contributed by atoms with E-state index in [2.05, 4.69) is 21.9 Å². The first kappa shape index (κ1) is 17.4. The van der Waals surface area contributed by atoms with Crippen molar-refractivity contribution >= 4 is 17.0 Å². The second-order valence-electron chi connectivity index (χ2n) is 6.73. The molecule has 27 heavy (non-hydrogen) atoms. The number of aromatic nitrogens is 5. The lowest BCUT2D eigenvalue weighted by atomic mass is 9.98. The topological polar surface area (TPSA) is 97.9 Å². The van der Waals surface area contributed by atoms with Crippen LogP contribution in [0.5, 0.6) is 0 Å². The quantitative estimate of drug-likeness (QED) is 0.668. The Labute approximate surface area is 156 Å². The Bertz CT molecular complexity index is 1100. The SMILES string of the molecule is C=CCn1c(=O)c2cnc(NC)nc2n1-c1ccc2c(n1)[C@@](O)(CC)CC2. The molecule has 0 aliphatic heterocycles. The molecular weight excluding hydrogens is 344 g/mol. The van der Waals surface area contributed by atoms with Gasteiger partial charge in [-0.2, -0.15) is 4.98 Å². The van der Waals surface area contributed by atoms with Crippen molar-refractivity contribution in [3.63, 3.8) is 0 Å². The minimum atomic E-state index is -0.928. The predicted octanol–water partition coefficient (Wildman–Crippen LogP) is 1.75. The maximum Gasteiger partial charge on any atom is 0.278 e. The minimum Gasteiger partial charge on any atom is -0.384 e. The number of nitrogens with zero attached hydrogens (tertiary/aromatic N) is 5. The van der Waals surface area contributed by atoms with Gasteiger partial charge in [0.15, 0.2) is 11.5 Å². The van der Waals surface area contributed by atoms with Crippen LogP contribution in [0, 0.1) is 0 Å².